The first-order chi connectivity index (χ1) is 9.00. The molecule has 5 nitrogen and oxygen atoms in total. The van der Waals surface area contributed by atoms with Crippen LogP contribution in [0.5, 0.6) is 0 Å². The molecule has 1 N–H and O–H groups in total. The van der Waals surface area contributed by atoms with Crippen molar-refractivity contribution in [3.05, 3.63) is 0 Å². The average Bonchev–Trinajstić information content (AvgIpc) is 2.83. The monoisotopic (exact) mass is 290 g/mol. The van der Waals surface area contributed by atoms with Gasteiger partial charge in [0.05, 0.1) is 12.4 Å². The van der Waals surface area contributed by atoms with E-state index in [-0.39, 0.29) is 0 Å². The summed E-state index contributed by atoms with van der Waals surface area (Å²) in [4.78, 5) is 0. The molecule has 3 unspecified atom stereocenters. The van der Waals surface area contributed by atoms with Crippen molar-refractivity contribution in [2.24, 2.45) is 5.92 Å². The van der Waals surface area contributed by atoms with Gasteiger partial charge in [-0.05, 0) is 44.6 Å². The zero-order valence-electron chi connectivity index (χ0n) is 12.0. The first kappa shape index (κ1) is 15.2. The Morgan fingerprint density at radius 1 is 1.26 bits per heavy atom. The Balaban J connectivity index is 1.80. The molecule has 3 atom stereocenters. The topological polar surface area (TPSA) is 58.6 Å². The van der Waals surface area contributed by atoms with E-state index in [4.69, 9.17) is 4.74 Å². The number of methoxy groups -OCH3 is 1. The Bertz CT molecular complexity index is 385. The minimum atomic E-state index is -3.03. The maximum absolute atomic E-state index is 11.6. The molecule has 1 saturated heterocycles. The second kappa shape index (κ2) is 6.52. The van der Waals surface area contributed by atoms with Crippen molar-refractivity contribution in [3.8, 4) is 0 Å². The summed E-state index contributed by atoms with van der Waals surface area (Å²) in [6, 6.07) is 0.443. The average molecular weight is 290 g/mol. The molecule has 0 amide bonds. The number of nitrogens with one attached hydrogen (secondary N) is 1. The smallest absolute Gasteiger partial charge is 0.211 e. The second-order valence-electron chi connectivity index (χ2n) is 5.85. The minimum Gasteiger partial charge on any atom is -0.380 e. The zero-order valence-corrected chi connectivity index (χ0v) is 12.8. The fraction of sp³-hybridized carbons (Fsp3) is 1.00. The third kappa shape index (κ3) is 4.15. The fourth-order valence-corrected chi connectivity index (χ4v) is 4.20. The molecule has 2 aliphatic rings. The van der Waals surface area contributed by atoms with Crippen molar-refractivity contribution in [2.45, 2.75) is 44.2 Å². The molecule has 1 aliphatic carbocycles. The van der Waals surface area contributed by atoms with Gasteiger partial charge in [-0.1, -0.05) is 0 Å². The van der Waals surface area contributed by atoms with Crippen LogP contribution in [0.3, 0.4) is 0 Å². The van der Waals surface area contributed by atoms with Gasteiger partial charge in [0, 0.05) is 26.2 Å². The third-order valence-electron chi connectivity index (χ3n) is 4.37. The van der Waals surface area contributed by atoms with Crippen molar-refractivity contribution in [1.29, 1.82) is 0 Å². The molecule has 0 aromatic carbocycles. The highest BCUT2D eigenvalue weighted by Crippen LogP contribution is 2.23. The van der Waals surface area contributed by atoms with Crippen LogP contribution in [0.4, 0.5) is 0 Å². The predicted octanol–water partition coefficient (Wildman–Crippen LogP) is 0.815. The quantitative estimate of drug-likeness (QED) is 0.814. The molecule has 0 bridgehead atoms. The van der Waals surface area contributed by atoms with E-state index < -0.39 is 10.0 Å². The summed E-state index contributed by atoms with van der Waals surface area (Å²) < 4.78 is 30.2. The second-order valence-corrected chi connectivity index (χ2v) is 7.83. The van der Waals surface area contributed by atoms with Gasteiger partial charge >= 0.3 is 0 Å². The number of hydrogen-bond donors (Lipinski definition) is 1. The number of hydrogen-bond acceptors (Lipinski definition) is 4. The molecule has 6 heteroatoms. The van der Waals surface area contributed by atoms with E-state index in [9.17, 15) is 8.42 Å². The van der Waals surface area contributed by atoms with Gasteiger partial charge in [-0.25, -0.2) is 12.7 Å². The number of piperidine rings is 1. The number of nitrogens with zero attached hydrogens (tertiary/aromatic N) is 1. The van der Waals surface area contributed by atoms with Gasteiger partial charge in [-0.2, -0.15) is 0 Å². The molecule has 112 valence electrons. The highest BCUT2D eigenvalue weighted by atomic mass is 32.2. The molecule has 0 radical (unpaired) electrons. The number of rotatable bonds is 5. The first-order valence-corrected chi connectivity index (χ1v) is 9.07. The zero-order chi connectivity index (χ0) is 13.9. The van der Waals surface area contributed by atoms with Crippen LogP contribution in [0.25, 0.3) is 0 Å². The Morgan fingerprint density at radius 2 is 2.05 bits per heavy atom. The maximum Gasteiger partial charge on any atom is 0.211 e. The van der Waals surface area contributed by atoms with Gasteiger partial charge in [0.2, 0.25) is 10.0 Å². The minimum absolute atomic E-state index is 0.328. The SMILES string of the molecule is COC1CCCC1NCC1CCCN(S(C)(=O)=O)C1. The number of sulfonamides is 1. The molecule has 1 aliphatic heterocycles. The van der Waals surface area contributed by atoms with Crippen LogP contribution in [-0.4, -0.2) is 57.9 Å². The van der Waals surface area contributed by atoms with Crippen LogP contribution in [0.1, 0.15) is 32.1 Å². The molecule has 0 spiro atoms. The van der Waals surface area contributed by atoms with Gasteiger partial charge in [0.25, 0.3) is 0 Å². The standard InChI is InChI=1S/C13H26N2O3S/c1-18-13-7-3-6-12(13)14-9-11-5-4-8-15(10-11)19(2,16)17/h11-14H,3-10H2,1-2H3. The van der Waals surface area contributed by atoms with Crippen LogP contribution in [0.15, 0.2) is 0 Å². The molecular formula is C13H26N2O3S. The van der Waals surface area contributed by atoms with Gasteiger partial charge in [0.15, 0.2) is 0 Å². The van der Waals surface area contributed by atoms with Crippen molar-refractivity contribution in [3.63, 3.8) is 0 Å². The Hall–Kier alpha value is -0.170. The highest BCUT2D eigenvalue weighted by molar-refractivity contribution is 7.88. The molecule has 2 fully saturated rings. The first-order valence-electron chi connectivity index (χ1n) is 7.22. The molecule has 1 saturated carbocycles. The predicted molar refractivity (Wildman–Crippen MR) is 75.6 cm³/mol. The largest absolute Gasteiger partial charge is 0.380 e. The van der Waals surface area contributed by atoms with Crippen molar-refractivity contribution in [2.75, 3.05) is 33.0 Å². The lowest BCUT2D eigenvalue weighted by atomic mass is 9.99. The van der Waals surface area contributed by atoms with E-state index >= 15 is 0 Å². The summed E-state index contributed by atoms with van der Waals surface area (Å²) in [5.41, 5.74) is 0. The lowest BCUT2D eigenvalue weighted by Gasteiger charge is -2.32. The van der Waals surface area contributed by atoms with Gasteiger partial charge in [-0.15, -0.1) is 0 Å². The van der Waals surface area contributed by atoms with Crippen molar-refractivity contribution in [1.82, 2.24) is 9.62 Å². The summed E-state index contributed by atoms with van der Waals surface area (Å²) in [7, 11) is -1.26. The van der Waals surface area contributed by atoms with Crippen LogP contribution in [0, 0.1) is 5.92 Å². The van der Waals surface area contributed by atoms with E-state index in [2.05, 4.69) is 5.32 Å². The van der Waals surface area contributed by atoms with Crippen molar-refractivity contribution >= 4 is 10.0 Å². The molecule has 1 heterocycles. The summed E-state index contributed by atoms with van der Waals surface area (Å²) in [6.07, 6.45) is 7.24. The van der Waals surface area contributed by atoms with Gasteiger partial charge in [-0.3, -0.25) is 0 Å². The lowest BCUT2D eigenvalue weighted by Crippen LogP contribution is -2.45. The van der Waals surface area contributed by atoms with Gasteiger partial charge < -0.3 is 10.1 Å². The molecule has 0 aromatic rings. The van der Waals surface area contributed by atoms with E-state index in [1.54, 1.807) is 11.4 Å². The Kier molecular flexibility index (Phi) is 5.22. The van der Waals surface area contributed by atoms with Crippen LogP contribution < -0.4 is 5.32 Å². The highest BCUT2D eigenvalue weighted by Gasteiger charge is 2.29. The normalized spacial score (nSPS) is 33.7. The van der Waals surface area contributed by atoms with Crippen LogP contribution in [0.2, 0.25) is 0 Å². The van der Waals surface area contributed by atoms with E-state index in [0.29, 0.717) is 31.2 Å². The van der Waals surface area contributed by atoms with Gasteiger partial charge in [0.1, 0.15) is 0 Å². The van der Waals surface area contributed by atoms with E-state index in [1.807, 2.05) is 0 Å². The lowest BCUT2D eigenvalue weighted by molar-refractivity contribution is 0.0826. The summed E-state index contributed by atoms with van der Waals surface area (Å²) >= 11 is 0. The third-order valence-corrected chi connectivity index (χ3v) is 5.64. The molecular weight excluding hydrogens is 264 g/mol. The van der Waals surface area contributed by atoms with Crippen molar-refractivity contribution < 1.29 is 13.2 Å². The molecule has 2 rings (SSSR count). The Labute approximate surface area is 116 Å². The van der Waals surface area contributed by atoms with E-state index in [0.717, 1.165) is 25.8 Å². The van der Waals surface area contributed by atoms with Crippen LogP contribution >= 0.6 is 0 Å². The molecule has 19 heavy (non-hydrogen) atoms. The summed E-state index contributed by atoms with van der Waals surface area (Å²) in [5, 5.41) is 3.58. The Morgan fingerprint density at radius 3 is 2.74 bits per heavy atom. The molecule has 0 aromatic heterocycles. The van der Waals surface area contributed by atoms with E-state index in [1.165, 1.54) is 19.1 Å². The maximum atomic E-state index is 11.6. The van der Waals surface area contributed by atoms with Crippen LogP contribution in [-0.2, 0) is 14.8 Å². The fourth-order valence-electron chi connectivity index (χ4n) is 3.25. The number of ether oxygens (including phenoxy) is 1. The summed E-state index contributed by atoms with van der Waals surface area (Å²) in [5.74, 6) is 0.432. The summed E-state index contributed by atoms with van der Waals surface area (Å²) in [6.45, 7) is 2.24.